The first kappa shape index (κ1) is 9.17. The Labute approximate surface area is 94.8 Å². The normalized spacial score (nSPS) is 10.8. The van der Waals surface area contributed by atoms with Gasteiger partial charge in [-0.3, -0.25) is 0 Å². The number of fused-ring (bicyclic) bond motifs is 2. The molecule has 3 rings (SSSR count). The molecular weight excluding hydrogens is 192 g/mol. The van der Waals surface area contributed by atoms with Crippen LogP contribution >= 0.6 is 0 Å². The molecule has 0 unspecified atom stereocenters. The first-order valence-electron chi connectivity index (χ1n) is 5.42. The van der Waals surface area contributed by atoms with Gasteiger partial charge in [0, 0.05) is 0 Å². The van der Waals surface area contributed by atoms with Crippen LogP contribution in [-0.2, 0) is 0 Å². The Balaban J connectivity index is 2.51. The maximum Gasteiger partial charge on any atom is -0.0105 e. The van der Waals surface area contributed by atoms with Crippen LogP contribution in [0.25, 0.3) is 27.6 Å². The summed E-state index contributed by atoms with van der Waals surface area (Å²) in [5.74, 6) is 0. The molecule has 0 aliphatic carbocycles. The molecule has 0 aliphatic rings. The summed E-state index contributed by atoms with van der Waals surface area (Å²) < 4.78 is 0. The zero-order valence-electron chi connectivity index (χ0n) is 8.98. The van der Waals surface area contributed by atoms with Gasteiger partial charge in [-0.05, 0) is 39.2 Å². The van der Waals surface area contributed by atoms with Crippen molar-refractivity contribution in [1.29, 1.82) is 0 Å². The molecule has 0 heteroatoms. The summed E-state index contributed by atoms with van der Waals surface area (Å²) in [6.45, 7) is 3.86. The molecule has 0 saturated heterocycles. The van der Waals surface area contributed by atoms with Gasteiger partial charge in [0.15, 0.2) is 0 Å². The van der Waals surface area contributed by atoms with Gasteiger partial charge in [0.1, 0.15) is 0 Å². The van der Waals surface area contributed by atoms with Crippen LogP contribution in [0.3, 0.4) is 0 Å². The molecular formula is C16H12. The molecule has 0 N–H and O–H groups in total. The van der Waals surface area contributed by atoms with Crippen LogP contribution < -0.4 is 0 Å². The first-order chi connectivity index (χ1) is 7.88. The van der Waals surface area contributed by atoms with Crippen LogP contribution in [0, 0.1) is 0 Å². The van der Waals surface area contributed by atoms with Crippen molar-refractivity contribution >= 4 is 27.6 Å². The first-order valence-corrected chi connectivity index (χ1v) is 5.42. The monoisotopic (exact) mass is 204 g/mol. The van der Waals surface area contributed by atoms with E-state index in [-0.39, 0.29) is 0 Å². The van der Waals surface area contributed by atoms with Crippen molar-refractivity contribution in [3.05, 3.63) is 66.7 Å². The summed E-state index contributed by atoms with van der Waals surface area (Å²) in [4.78, 5) is 0. The van der Waals surface area contributed by atoms with E-state index in [1.54, 1.807) is 0 Å². The maximum absolute atomic E-state index is 3.86. The third kappa shape index (κ3) is 1.31. The lowest BCUT2D eigenvalue weighted by molar-refractivity contribution is 1.73. The average molecular weight is 204 g/mol. The molecule has 0 aliphatic heterocycles. The van der Waals surface area contributed by atoms with E-state index < -0.39 is 0 Å². The van der Waals surface area contributed by atoms with Gasteiger partial charge in [-0.2, -0.15) is 0 Å². The summed E-state index contributed by atoms with van der Waals surface area (Å²) in [5, 5.41) is 5.12. The molecule has 0 aromatic heterocycles. The molecule has 0 bridgehead atoms. The zero-order valence-corrected chi connectivity index (χ0v) is 8.98. The smallest absolute Gasteiger partial charge is 0.0105 e. The third-order valence-corrected chi connectivity index (χ3v) is 3.00. The predicted octanol–water partition coefficient (Wildman–Crippen LogP) is 4.64. The molecule has 0 nitrogen and oxygen atoms in total. The van der Waals surface area contributed by atoms with Gasteiger partial charge >= 0.3 is 0 Å². The van der Waals surface area contributed by atoms with Gasteiger partial charge in [-0.1, -0.05) is 55.1 Å². The molecule has 3 aromatic rings. The molecule has 0 atom stereocenters. The third-order valence-electron chi connectivity index (χ3n) is 3.00. The van der Waals surface area contributed by atoms with Gasteiger partial charge in [-0.15, -0.1) is 0 Å². The fourth-order valence-electron chi connectivity index (χ4n) is 2.17. The summed E-state index contributed by atoms with van der Waals surface area (Å²) in [6.07, 6.45) is 1.91. The van der Waals surface area contributed by atoms with E-state index in [4.69, 9.17) is 0 Å². The van der Waals surface area contributed by atoms with E-state index >= 15 is 0 Å². The maximum atomic E-state index is 3.86. The van der Waals surface area contributed by atoms with Crippen LogP contribution in [-0.4, -0.2) is 0 Å². The SMILES string of the molecule is C=Cc1cccc2cc3ccccc3cc12. The zero-order chi connectivity index (χ0) is 11.0. The van der Waals surface area contributed by atoms with E-state index in [0.29, 0.717) is 0 Å². The second-order valence-corrected chi connectivity index (χ2v) is 3.97. The highest BCUT2D eigenvalue weighted by atomic mass is 14.0. The van der Waals surface area contributed by atoms with Gasteiger partial charge in [-0.25, -0.2) is 0 Å². The minimum Gasteiger partial charge on any atom is -0.0984 e. The van der Waals surface area contributed by atoms with Crippen molar-refractivity contribution in [1.82, 2.24) is 0 Å². The largest absolute Gasteiger partial charge is 0.0984 e. The molecule has 76 valence electrons. The Bertz CT molecular complexity index is 678. The van der Waals surface area contributed by atoms with Crippen LogP contribution in [0.2, 0.25) is 0 Å². The Morgan fingerprint density at radius 2 is 1.44 bits per heavy atom. The molecule has 3 aromatic carbocycles. The topological polar surface area (TPSA) is 0 Å². The van der Waals surface area contributed by atoms with Crippen molar-refractivity contribution in [2.75, 3.05) is 0 Å². The van der Waals surface area contributed by atoms with E-state index in [2.05, 4.69) is 61.2 Å². The lowest BCUT2D eigenvalue weighted by Gasteiger charge is -2.04. The molecule has 0 amide bonds. The summed E-state index contributed by atoms with van der Waals surface area (Å²) in [7, 11) is 0. The lowest BCUT2D eigenvalue weighted by atomic mass is 10.00. The highest BCUT2D eigenvalue weighted by Crippen LogP contribution is 2.25. The Hall–Kier alpha value is -2.08. The number of rotatable bonds is 1. The number of benzene rings is 3. The van der Waals surface area contributed by atoms with E-state index in [1.807, 2.05) is 6.08 Å². The van der Waals surface area contributed by atoms with Gasteiger partial charge in [0.25, 0.3) is 0 Å². The van der Waals surface area contributed by atoms with E-state index in [1.165, 1.54) is 27.1 Å². The number of hydrogen-bond donors (Lipinski definition) is 0. The molecule has 0 spiro atoms. The van der Waals surface area contributed by atoms with E-state index in [9.17, 15) is 0 Å². The minimum atomic E-state index is 1.20. The van der Waals surface area contributed by atoms with E-state index in [0.717, 1.165) is 0 Å². The molecule has 16 heavy (non-hydrogen) atoms. The Morgan fingerprint density at radius 3 is 2.19 bits per heavy atom. The van der Waals surface area contributed by atoms with Crippen LogP contribution in [0.15, 0.2) is 61.2 Å². The van der Waals surface area contributed by atoms with Gasteiger partial charge in [0.2, 0.25) is 0 Å². The van der Waals surface area contributed by atoms with Crippen molar-refractivity contribution in [3.8, 4) is 0 Å². The predicted molar refractivity (Wildman–Crippen MR) is 71.5 cm³/mol. The van der Waals surface area contributed by atoms with Gasteiger partial charge < -0.3 is 0 Å². The van der Waals surface area contributed by atoms with Crippen LogP contribution in [0.4, 0.5) is 0 Å². The van der Waals surface area contributed by atoms with Crippen LogP contribution in [0.1, 0.15) is 5.56 Å². The highest BCUT2D eigenvalue weighted by Gasteiger charge is 1.99. The molecule has 0 heterocycles. The summed E-state index contributed by atoms with van der Waals surface area (Å²) >= 11 is 0. The number of hydrogen-bond acceptors (Lipinski definition) is 0. The van der Waals surface area contributed by atoms with Crippen LogP contribution in [0.5, 0.6) is 0 Å². The van der Waals surface area contributed by atoms with Gasteiger partial charge in [0.05, 0.1) is 0 Å². The van der Waals surface area contributed by atoms with Crippen molar-refractivity contribution in [3.63, 3.8) is 0 Å². The Kier molecular flexibility index (Phi) is 2.00. The highest BCUT2D eigenvalue weighted by molar-refractivity contribution is 6.01. The quantitative estimate of drug-likeness (QED) is 0.507. The van der Waals surface area contributed by atoms with Crippen molar-refractivity contribution < 1.29 is 0 Å². The average Bonchev–Trinajstić information content (AvgIpc) is 2.35. The summed E-state index contributed by atoms with van der Waals surface area (Å²) in [5.41, 5.74) is 1.20. The molecule has 0 saturated carbocycles. The molecule has 0 radical (unpaired) electrons. The fraction of sp³-hybridized carbons (Fsp3) is 0. The fourth-order valence-corrected chi connectivity index (χ4v) is 2.17. The standard InChI is InChI=1S/C16H12/c1-2-12-8-5-9-15-10-13-6-3-4-7-14(13)11-16(12)15/h2-11H,1H2. The summed E-state index contributed by atoms with van der Waals surface area (Å²) in [6, 6.07) is 19.2. The second kappa shape index (κ2) is 3.49. The minimum absolute atomic E-state index is 1.20. The van der Waals surface area contributed by atoms with Crippen molar-refractivity contribution in [2.24, 2.45) is 0 Å². The molecule has 0 fully saturated rings. The Morgan fingerprint density at radius 1 is 0.750 bits per heavy atom. The second-order valence-electron chi connectivity index (χ2n) is 3.97. The van der Waals surface area contributed by atoms with Crippen molar-refractivity contribution in [2.45, 2.75) is 0 Å². The lowest BCUT2D eigenvalue weighted by Crippen LogP contribution is -1.79.